The van der Waals surface area contributed by atoms with E-state index in [-0.39, 0.29) is 5.56 Å². The minimum atomic E-state index is -0.300. The first kappa shape index (κ1) is 16.0. The van der Waals surface area contributed by atoms with Crippen molar-refractivity contribution in [3.63, 3.8) is 0 Å². The lowest BCUT2D eigenvalue weighted by atomic mass is 10.1. The number of nitrogens with zero attached hydrogens (tertiary/aromatic N) is 1. The van der Waals surface area contributed by atoms with Crippen LogP contribution in [0.3, 0.4) is 0 Å². The molecule has 4 nitrogen and oxygen atoms in total. The fraction of sp³-hybridized carbons (Fsp3) is 0.0526. The second-order valence-electron chi connectivity index (χ2n) is 5.21. The molecule has 3 rings (SSSR count). The second-order valence-corrected chi connectivity index (χ2v) is 5.59. The van der Waals surface area contributed by atoms with Gasteiger partial charge in [-0.15, -0.1) is 0 Å². The predicted molar refractivity (Wildman–Crippen MR) is 100 cm³/mol. The maximum Gasteiger partial charge on any atom is 0.273 e. The Labute approximate surface area is 144 Å². The molecule has 120 valence electrons. The number of hydrogen-bond donors (Lipinski definition) is 2. The normalized spacial score (nSPS) is 12.2. The van der Waals surface area contributed by atoms with Crippen LogP contribution in [0.15, 0.2) is 66.0 Å². The SMILES string of the molecule is C=C/C=C(\C=C/C)c1cc(-c2[nH]c3ccccc3c2Cl)c(=O)[nH]n1. The monoisotopic (exact) mass is 337 g/mol. The molecular formula is C19H16ClN3O. The fourth-order valence-corrected chi connectivity index (χ4v) is 2.88. The fourth-order valence-electron chi connectivity index (χ4n) is 2.57. The average Bonchev–Trinajstić information content (AvgIpc) is 2.92. The summed E-state index contributed by atoms with van der Waals surface area (Å²) < 4.78 is 0. The predicted octanol–water partition coefficient (Wildman–Crippen LogP) is 4.72. The molecule has 0 fully saturated rings. The van der Waals surface area contributed by atoms with E-state index in [2.05, 4.69) is 21.8 Å². The van der Waals surface area contributed by atoms with Crippen molar-refractivity contribution in [3.8, 4) is 11.3 Å². The van der Waals surface area contributed by atoms with Gasteiger partial charge in [-0.2, -0.15) is 5.10 Å². The maximum absolute atomic E-state index is 12.3. The Kier molecular flexibility index (Phi) is 4.49. The molecular weight excluding hydrogens is 322 g/mol. The van der Waals surface area contributed by atoms with E-state index >= 15 is 0 Å². The van der Waals surface area contributed by atoms with Crippen molar-refractivity contribution in [2.45, 2.75) is 6.92 Å². The highest BCUT2D eigenvalue weighted by molar-refractivity contribution is 6.38. The molecule has 0 saturated carbocycles. The van der Waals surface area contributed by atoms with E-state index in [1.54, 1.807) is 12.1 Å². The number of H-pyrrole nitrogens is 2. The van der Waals surface area contributed by atoms with Gasteiger partial charge in [0.25, 0.3) is 5.56 Å². The summed E-state index contributed by atoms with van der Waals surface area (Å²) in [4.78, 5) is 15.5. The van der Waals surface area contributed by atoms with Crippen LogP contribution in [-0.4, -0.2) is 15.2 Å². The highest BCUT2D eigenvalue weighted by Crippen LogP contribution is 2.33. The van der Waals surface area contributed by atoms with Gasteiger partial charge in [0.05, 0.1) is 22.0 Å². The zero-order chi connectivity index (χ0) is 17.1. The summed E-state index contributed by atoms with van der Waals surface area (Å²) in [6, 6.07) is 9.38. The summed E-state index contributed by atoms with van der Waals surface area (Å²) in [6.07, 6.45) is 7.31. The lowest BCUT2D eigenvalue weighted by Gasteiger charge is -2.04. The topological polar surface area (TPSA) is 61.5 Å². The number of nitrogens with one attached hydrogen (secondary N) is 2. The lowest BCUT2D eigenvalue weighted by Crippen LogP contribution is -2.12. The van der Waals surface area contributed by atoms with Crippen molar-refractivity contribution in [2.75, 3.05) is 0 Å². The van der Waals surface area contributed by atoms with Gasteiger partial charge >= 0.3 is 0 Å². The minimum Gasteiger partial charge on any atom is -0.353 e. The summed E-state index contributed by atoms with van der Waals surface area (Å²) in [7, 11) is 0. The minimum absolute atomic E-state index is 0.300. The molecule has 0 saturated heterocycles. The third-order valence-electron chi connectivity index (χ3n) is 3.66. The molecule has 2 N–H and O–H groups in total. The number of aromatic nitrogens is 3. The molecule has 0 bridgehead atoms. The van der Waals surface area contributed by atoms with E-state index in [9.17, 15) is 4.79 Å². The molecule has 24 heavy (non-hydrogen) atoms. The first-order valence-corrected chi connectivity index (χ1v) is 7.85. The van der Waals surface area contributed by atoms with Crippen molar-refractivity contribution in [2.24, 2.45) is 0 Å². The van der Waals surface area contributed by atoms with Crippen LogP contribution in [0.5, 0.6) is 0 Å². The number of fused-ring (bicyclic) bond motifs is 1. The lowest BCUT2D eigenvalue weighted by molar-refractivity contribution is 0.974. The molecule has 2 aromatic heterocycles. The molecule has 0 spiro atoms. The molecule has 0 atom stereocenters. The van der Waals surface area contributed by atoms with Gasteiger partial charge in [0.15, 0.2) is 0 Å². The number of benzene rings is 1. The summed E-state index contributed by atoms with van der Waals surface area (Å²) >= 11 is 6.47. The van der Waals surface area contributed by atoms with Crippen molar-refractivity contribution >= 4 is 28.1 Å². The molecule has 1 aromatic carbocycles. The van der Waals surface area contributed by atoms with E-state index in [4.69, 9.17) is 11.6 Å². The molecule has 3 aromatic rings. The number of allylic oxidation sites excluding steroid dienone is 5. The molecule has 0 aliphatic rings. The molecule has 0 aliphatic heterocycles. The highest BCUT2D eigenvalue weighted by atomic mass is 35.5. The standard InChI is InChI=1S/C19H16ClN3O/c1-3-7-12(8-4-2)16-11-14(19(24)23-22-16)18-17(20)13-9-5-6-10-15(13)21-18/h3-11,21H,1H2,2H3,(H,23,24)/b8-4-,12-7+. The van der Waals surface area contributed by atoms with E-state index in [0.717, 1.165) is 16.5 Å². The van der Waals surface area contributed by atoms with E-state index in [0.29, 0.717) is 22.0 Å². The number of aromatic amines is 2. The molecule has 0 radical (unpaired) electrons. The van der Waals surface area contributed by atoms with Gasteiger partial charge in [0.1, 0.15) is 0 Å². The molecule has 2 heterocycles. The van der Waals surface area contributed by atoms with Crippen molar-refractivity contribution < 1.29 is 0 Å². The average molecular weight is 338 g/mol. The van der Waals surface area contributed by atoms with E-state index in [1.807, 2.05) is 49.4 Å². The first-order chi connectivity index (χ1) is 11.7. The zero-order valence-corrected chi connectivity index (χ0v) is 13.9. The van der Waals surface area contributed by atoms with Crippen LogP contribution in [0.4, 0.5) is 0 Å². The van der Waals surface area contributed by atoms with Gasteiger partial charge in [-0.1, -0.05) is 60.7 Å². The van der Waals surface area contributed by atoms with Gasteiger partial charge in [-0.3, -0.25) is 4.79 Å². The van der Waals surface area contributed by atoms with E-state index < -0.39 is 0 Å². The third-order valence-corrected chi connectivity index (χ3v) is 4.05. The summed E-state index contributed by atoms with van der Waals surface area (Å²) in [5.41, 5.74) is 3.09. The van der Waals surface area contributed by atoms with E-state index in [1.165, 1.54) is 0 Å². The summed E-state index contributed by atoms with van der Waals surface area (Å²) in [6.45, 7) is 5.63. The number of para-hydroxylation sites is 1. The first-order valence-electron chi connectivity index (χ1n) is 7.47. The van der Waals surface area contributed by atoms with Crippen LogP contribution < -0.4 is 5.56 Å². The van der Waals surface area contributed by atoms with Crippen LogP contribution in [0, 0.1) is 0 Å². The maximum atomic E-state index is 12.3. The Balaban J connectivity index is 2.22. The van der Waals surface area contributed by atoms with Gasteiger partial charge in [-0.05, 0) is 19.1 Å². The number of rotatable bonds is 4. The van der Waals surface area contributed by atoms with Gasteiger partial charge in [-0.25, -0.2) is 5.10 Å². The number of halogens is 1. The summed E-state index contributed by atoms with van der Waals surface area (Å²) in [5, 5.41) is 8.07. The van der Waals surface area contributed by atoms with Gasteiger partial charge < -0.3 is 4.98 Å². The van der Waals surface area contributed by atoms with Crippen LogP contribution in [0.25, 0.3) is 27.7 Å². The van der Waals surface area contributed by atoms with Crippen LogP contribution in [-0.2, 0) is 0 Å². The zero-order valence-electron chi connectivity index (χ0n) is 13.1. The molecule has 0 aliphatic carbocycles. The number of hydrogen-bond acceptors (Lipinski definition) is 2. The van der Waals surface area contributed by atoms with Crippen LogP contribution in [0.2, 0.25) is 5.02 Å². The summed E-state index contributed by atoms with van der Waals surface area (Å²) in [5.74, 6) is 0. The molecule has 0 unspecified atom stereocenters. The third kappa shape index (κ3) is 2.84. The second kappa shape index (κ2) is 6.72. The highest BCUT2D eigenvalue weighted by Gasteiger charge is 2.15. The molecule has 5 heteroatoms. The largest absolute Gasteiger partial charge is 0.353 e. The molecule has 0 amide bonds. The Hall–Kier alpha value is -2.85. The van der Waals surface area contributed by atoms with Gasteiger partial charge in [0, 0.05) is 16.5 Å². The Morgan fingerprint density at radius 2 is 2.12 bits per heavy atom. The van der Waals surface area contributed by atoms with Crippen LogP contribution in [0.1, 0.15) is 12.6 Å². The smallest absolute Gasteiger partial charge is 0.273 e. The Bertz CT molecular complexity index is 1020. The van der Waals surface area contributed by atoms with Crippen molar-refractivity contribution in [1.29, 1.82) is 0 Å². The quantitative estimate of drug-likeness (QED) is 0.677. The Morgan fingerprint density at radius 1 is 1.33 bits per heavy atom. The van der Waals surface area contributed by atoms with Crippen LogP contribution >= 0.6 is 11.6 Å². The van der Waals surface area contributed by atoms with Crippen molar-refractivity contribution in [3.05, 3.63) is 82.3 Å². The van der Waals surface area contributed by atoms with Crippen molar-refractivity contribution in [1.82, 2.24) is 15.2 Å². The Morgan fingerprint density at radius 3 is 2.83 bits per heavy atom. The van der Waals surface area contributed by atoms with Gasteiger partial charge in [0.2, 0.25) is 0 Å².